The molecule has 3 aliphatic rings. The quantitative estimate of drug-likeness (QED) is 0.215. The van der Waals surface area contributed by atoms with E-state index in [1.165, 1.54) is 13.2 Å². The van der Waals surface area contributed by atoms with Crippen LogP contribution in [-0.2, 0) is 28.5 Å². The smallest absolute Gasteiger partial charge is 0.338 e. The number of carbonyl (C=O) groups is 2. The number of fused-ring (bicyclic) bond motifs is 1. The maximum absolute atomic E-state index is 12.5. The van der Waals surface area contributed by atoms with Crippen molar-refractivity contribution >= 4 is 11.9 Å². The summed E-state index contributed by atoms with van der Waals surface area (Å²) in [7, 11) is 1.17. The molecule has 0 bridgehead atoms. The van der Waals surface area contributed by atoms with Gasteiger partial charge in [-0.25, -0.2) is 9.59 Å². The molecule has 0 radical (unpaired) electrons. The second-order valence-electron chi connectivity index (χ2n) is 8.63. The highest BCUT2D eigenvalue weighted by Crippen LogP contribution is 2.45. The summed E-state index contributed by atoms with van der Waals surface area (Å²) in [6.45, 7) is -0.924. The molecule has 36 heavy (non-hydrogen) atoms. The number of carbonyl (C=O) groups excluding carboxylic acids is 2. The summed E-state index contributed by atoms with van der Waals surface area (Å²) in [5, 5.41) is 50.7. The van der Waals surface area contributed by atoms with Crippen molar-refractivity contribution in [2.75, 3.05) is 20.3 Å². The fourth-order valence-electron chi connectivity index (χ4n) is 4.58. The zero-order valence-electron chi connectivity index (χ0n) is 19.2. The van der Waals surface area contributed by atoms with Crippen molar-refractivity contribution in [3.05, 3.63) is 59.4 Å². The minimum Gasteiger partial charge on any atom is -0.471 e. The molecule has 0 amide bonds. The van der Waals surface area contributed by atoms with Crippen molar-refractivity contribution < 1.29 is 58.8 Å². The van der Waals surface area contributed by atoms with E-state index < -0.39 is 73.5 Å². The molecule has 12 nitrogen and oxygen atoms in total. The summed E-state index contributed by atoms with van der Waals surface area (Å²) in [5.41, 5.74) is 0.711. The SMILES string of the molecule is COC(=O)C1=CO[C@@H](O[C@H]2O[C@H](CO)[C@@H](O)[C@H](O)[C@H]2O)[C@H]2C(COC(=O)c3ccccc3)=C[C@@H](O)[C@H]12. The monoisotopic (exact) mass is 508 g/mol. The highest BCUT2D eigenvalue weighted by Gasteiger charge is 2.52. The van der Waals surface area contributed by atoms with Crippen molar-refractivity contribution in [3.63, 3.8) is 0 Å². The Morgan fingerprint density at radius 2 is 1.67 bits per heavy atom. The Morgan fingerprint density at radius 3 is 2.33 bits per heavy atom. The van der Waals surface area contributed by atoms with Gasteiger partial charge in [-0.1, -0.05) is 24.3 Å². The van der Waals surface area contributed by atoms with E-state index in [0.29, 0.717) is 11.1 Å². The first-order valence-corrected chi connectivity index (χ1v) is 11.3. The van der Waals surface area contributed by atoms with Crippen LogP contribution in [0.5, 0.6) is 0 Å². The van der Waals surface area contributed by atoms with Gasteiger partial charge in [-0.3, -0.25) is 0 Å². The van der Waals surface area contributed by atoms with Gasteiger partial charge in [0.1, 0.15) is 31.0 Å². The molecule has 196 valence electrons. The summed E-state index contributed by atoms with van der Waals surface area (Å²) >= 11 is 0. The topological polar surface area (TPSA) is 181 Å². The van der Waals surface area contributed by atoms with E-state index in [1.807, 2.05) is 0 Å². The van der Waals surface area contributed by atoms with Gasteiger partial charge in [-0.15, -0.1) is 0 Å². The van der Waals surface area contributed by atoms with Gasteiger partial charge in [0.2, 0.25) is 6.29 Å². The van der Waals surface area contributed by atoms with Gasteiger partial charge < -0.3 is 49.2 Å². The lowest BCUT2D eigenvalue weighted by atomic mass is 9.82. The van der Waals surface area contributed by atoms with Crippen molar-refractivity contribution in [2.24, 2.45) is 11.8 Å². The highest BCUT2D eigenvalue weighted by atomic mass is 16.8. The normalized spacial score (nSPS) is 35.7. The molecule has 5 N–H and O–H groups in total. The largest absolute Gasteiger partial charge is 0.471 e. The van der Waals surface area contributed by atoms with Gasteiger partial charge in [-0.05, 0) is 17.7 Å². The molecule has 4 rings (SSSR count). The summed E-state index contributed by atoms with van der Waals surface area (Å²) in [4.78, 5) is 24.8. The number of hydrogen-bond donors (Lipinski definition) is 5. The van der Waals surface area contributed by atoms with Crippen molar-refractivity contribution in [1.82, 2.24) is 0 Å². The lowest BCUT2D eigenvalue weighted by Crippen LogP contribution is -2.60. The number of methoxy groups -OCH3 is 1. The molecule has 1 aromatic rings. The third kappa shape index (κ3) is 5.02. The van der Waals surface area contributed by atoms with Gasteiger partial charge in [-0.2, -0.15) is 0 Å². The first-order chi connectivity index (χ1) is 17.3. The molecular formula is C24H28O12. The third-order valence-corrected chi connectivity index (χ3v) is 6.47. The standard InChI is InChI=1S/C24H28O12/c1-32-22(31)13-10-34-23(36-24-20(29)19(28)18(27)15(8-25)35-24)16-12(7-14(26)17(13)16)9-33-21(30)11-5-3-2-4-6-11/h2-7,10,14-20,23-29H,8-9H2,1H3/t14-,15-,16+,17+,18-,19+,20-,23+,24-/m1/s1. The van der Waals surface area contributed by atoms with Crippen LogP contribution in [0.25, 0.3) is 0 Å². The van der Waals surface area contributed by atoms with E-state index in [9.17, 15) is 35.1 Å². The van der Waals surface area contributed by atoms with Gasteiger partial charge >= 0.3 is 11.9 Å². The molecule has 12 heteroatoms. The molecule has 0 unspecified atom stereocenters. The molecule has 2 heterocycles. The summed E-state index contributed by atoms with van der Waals surface area (Å²) in [5.74, 6) is -3.13. The first kappa shape index (κ1) is 26.2. The zero-order valence-corrected chi connectivity index (χ0v) is 19.2. The lowest BCUT2D eigenvalue weighted by molar-refractivity contribution is -0.340. The average molecular weight is 508 g/mol. The summed E-state index contributed by atoms with van der Waals surface area (Å²) < 4.78 is 27.0. The van der Waals surface area contributed by atoms with Crippen LogP contribution in [0.2, 0.25) is 0 Å². The maximum atomic E-state index is 12.5. The Hall–Kier alpha value is -2.84. The Bertz CT molecular complexity index is 1010. The molecule has 0 saturated carbocycles. The minimum absolute atomic E-state index is 0.0179. The molecule has 1 saturated heterocycles. The second kappa shape index (κ2) is 11.0. The van der Waals surface area contributed by atoms with Gasteiger partial charge in [0.25, 0.3) is 0 Å². The fourth-order valence-corrected chi connectivity index (χ4v) is 4.58. The molecule has 2 aliphatic heterocycles. The van der Waals surface area contributed by atoms with Crippen LogP contribution in [0.3, 0.4) is 0 Å². The van der Waals surface area contributed by atoms with Gasteiger partial charge in [0.05, 0.1) is 43.1 Å². The number of aliphatic hydroxyl groups is 5. The second-order valence-corrected chi connectivity index (χ2v) is 8.63. The number of hydrogen-bond acceptors (Lipinski definition) is 12. The zero-order chi connectivity index (χ0) is 26.0. The number of esters is 2. The van der Waals surface area contributed by atoms with E-state index in [2.05, 4.69) is 0 Å². The van der Waals surface area contributed by atoms with Crippen LogP contribution in [0.15, 0.2) is 53.8 Å². The lowest BCUT2D eigenvalue weighted by Gasteiger charge is -2.43. The maximum Gasteiger partial charge on any atom is 0.338 e. The molecule has 1 fully saturated rings. The molecule has 0 spiro atoms. The number of benzene rings is 1. The van der Waals surface area contributed by atoms with E-state index in [1.54, 1.807) is 30.3 Å². The van der Waals surface area contributed by atoms with Crippen LogP contribution in [-0.4, -0.2) is 101 Å². The fraction of sp³-hybridized carbons (Fsp3) is 0.500. The predicted octanol–water partition coefficient (Wildman–Crippen LogP) is -1.39. The summed E-state index contributed by atoms with van der Waals surface area (Å²) in [6.07, 6.45) is -7.70. The first-order valence-electron chi connectivity index (χ1n) is 11.3. The van der Waals surface area contributed by atoms with Crippen LogP contribution >= 0.6 is 0 Å². The Balaban J connectivity index is 1.56. The number of rotatable bonds is 7. The number of aliphatic hydroxyl groups excluding tert-OH is 5. The average Bonchev–Trinajstić information content (AvgIpc) is 3.24. The predicted molar refractivity (Wildman–Crippen MR) is 118 cm³/mol. The van der Waals surface area contributed by atoms with Gasteiger partial charge in [0.15, 0.2) is 6.29 Å². The van der Waals surface area contributed by atoms with E-state index in [0.717, 1.165) is 6.26 Å². The Morgan fingerprint density at radius 1 is 0.944 bits per heavy atom. The molecule has 1 aromatic carbocycles. The molecular weight excluding hydrogens is 480 g/mol. The molecule has 1 aliphatic carbocycles. The number of ether oxygens (including phenoxy) is 5. The molecule has 0 aromatic heterocycles. The van der Waals surface area contributed by atoms with E-state index in [-0.39, 0.29) is 12.2 Å². The summed E-state index contributed by atoms with van der Waals surface area (Å²) in [6, 6.07) is 8.26. The van der Waals surface area contributed by atoms with Crippen LogP contribution < -0.4 is 0 Å². The van der Waals surface area contributed by atoms with Crippen LogP contribution in [0, 0.1) is 11.8 Å². The molecule has 9 atom stereocenters. The van der Waals surface area contributed by atoms with Crippen molar-refractivity contribution in [1.29, 1.82) is 0 Å². The third-order valence-electron chi connectivity index (χ3n) is 6.47. The minimum atomic E-state index is -1.70. The van der Waals surface area contributed by atoms with Crippen LogP contribution in [0.4, 0.5) is 0 Å². The highest BCUT2D eigenvalue weighted by molar-refractivity contribution is 5.90. The van der Waals surface area contributed by atoms with E-state index >= 15 is 0 Å². The van der Waals surface area contributed by atoms with Crippen molar-refractivity contribution in [2.45, 2.75) is 43.1 Å². The van der Waals surface area contributed by atoms with E-state index in [4.69, 9.17) is 23.7 Å². The van der Waals surface area contributed by atoms with Crippen LogP contribution in [0.1, 0.15) is 10.4 Å². The Labute approximate surface area is 205 Å². The van der Waals surface area contributed by atoms with Crippen molar-refractivity contribution in [3.8, 4) is 0 Å². The van der Waals surface area contributed by atoms with Gasteiger partial charge in [0, 0.05) is 5.92 Å². The Kier molecular flexibility index (Phi) is 8.05.